The molecule has 1 saturated heterocycles. The lowest BCUT2D eigenvalue weighted by atomic mass is 9.53. The van der Waals surface area contributed by atoms with Crippen LogP contribution >= 0.6 is 11.6 Å². The Morgan fingerprint density at radius 1 is 1.42 bits per heavy atom. The highest BCUT2D eigenvalue weighted by atomic mass is 35.5. The van der Waals surface area contributed by atoms with Crippen molar-refractivity contribution in [2.75, 3.05) is 19.5 Å². The van der Waals surface area contributed by atoms with Crippen LogP contribution < -0.4 is 4.74 Å². The summed E-state index contributed by atoms with van der Waals surface area (Å²) < 4.78 is 6.19. The topological polar surface area (TPSA) is 52.9 Å². The fourth-order valence-corrected chi connectivity index (χ4v) is 5.93. The summed E-state index contributed by atoms with van der Waals surface area (Å²) in [6.07, 6.45) is 5.79. The molecule has 4 aliphatic rings. The molecule has 128 valence electrons. The van der Waals surface area contributed by atoms with Crippen molar-refractivity contribution in [3.05, 3.63) is 34.9 Å². The Hall–Kier alpha value is -1.23. The quantitative estimate of drug-likeness (QED) is 0.634. The molecule has 4 nitrogen and oxygen atoms in total. The number of rotatable bonds is 2. The molecule has 0 amide bonds. The van der Waals surface area contributed by atoms with Crippen molar-refractivity contribution in [1.29, 1.82) is 0 Å². The SMILES string of the molecule is CN1CC[C@]23c4c5c(CCCl)cc(O)c4O[C@H]2[C@@H](O)C=C[C@H]3[C@H]1C5. The number of nitrogens with zero attached hydrogens (tertiary/aromatic N) is 1. The van der Waals surface area contributed by atoms with E-state index >= 15 is 0 Å². The highest BCUT2D eigenvalue weighted by molar-refractivity contribution is 6.18. The van der Waals surface area contributed by atoms with Gasteiger partial charge in [-0.15, -0.1) is 11.6 Å². The summed E-state index contributed by atoms with van der Waals surface area (Å²) in [7, 11) is 2.19. The zero-order chi connectivity index (χ0) is 16.6. The predicted octanol–water partition coefficient (Wildman–Crippen LogP) is 1.98. The fraction of sp³-hybridized carbons (Fsp3) is 0.579. The Kier molecular flexibility index (Phi) is 3.08. The highest BCUT2D eigenvalue weighted by Crippen LogP contribution is 2.62. The van der Waals surface area contributed by atoms with Crippen molar-refractivity contribution >= 4 is 11.6 Å². The van der Waals surface area contributed by atoms with E-state index < -0.39 is 6.10 Å². The Balaban J connectivity index is 1.82. The zero-order valence-electron chi connectivity index (χ0n) is 13.7. The molecule has 1 spiro atoms. The average molecular weight is 348 g/mol. The first-order chi connectivity index (χ1) is 11.6. The fourth-order valence-electron chi connectivity index (χ4n) is 5.72. The number of piperidine rings is 1. The van der Waals surface area contributed by atoms with Crippen LogP contribution in [0, 0.1) is 5.92 Å². The molecule has 5 heteroatoms. The lowest BCUT2D eigenvalue weighted by molar-refractivity contribution is -0.0454. The Morgan fingerprint density at radius 2 is 2.25 bits per heavy atom. The summed E-state index contributed by atoms with van der Waals surface area (Å²) in [6, 6.07) is 2.23. The third kappa shape index (κ3) is 1.62. The molecule has 1 aromatic carbocycles. The maximum Gasteiger partial charge on any atom is 0.165 e. The second-order valence-electron chi connectivity index (χ2n) is 7.66. The van der Waals surface area contributed by atoms with Crippen LogP contribution in [0.2, 0.25) is 0 Å². The molecule has 5 rings (SSSR count). The summed E-state index contributed by atoms with van der Waals surface area (Å²) in [4.78, 5) is 2.44. The van der Waals surface area contributed by atoms with E-state index in [4.69, 9.17) is 16.3 Å². The molecule has 2 heterocycles. The average Bonchev–Trinajstić information content (AvgIpc) is 2.91. The van der Waals surface area contributed by atoms with Crippen molar-refractivity contribution in [1.82, 2.24) is 4.90 Å². The number of aromatic hydroxyl groups is 1. The minimum atomic E-state index is -0.625. The third-order valence-corrected chi connectivity index (χ3v) is 6.92. The van der Waals surface area contributed by atoms with E-state index in [-0.39, 0.29) is 17.3 Å². The number of likely N-dealkylation sites (N-methyl/N-ethyl adjacent to an activating group) is 1. The van der Waals surface area contributed by atoms with E-state index in [1.807, 2.05) is 12.1 Å². The number of ether oxygens (including phenoxy) is 1. The number of phenolic OH excluding ortho intramolecular Hbond substituents is 1. The van der Waals surface area contributed by atoms with Crippen LogP contribution in [0.3, 0.4) is 0 Å². The van der Waals surface area contributed by atoms with Crippen molar-refractivity contribution in [3.8, 4) is 11.5 Å². The van der Waals surface area contributed by atoms with Gasteiger partial charge in [0.1, 0.15) is 12.2 Å². The van der Waals surface area contributed by atoms with Gasteiger partial charge in [-0.05, 0) is 50.0 Å². The van der Waals surface area contributed by atoms with E-state index in [0.717, 1.165) is 36.9 Å². The van der Waals surface area contributed by atoms with Crippen molar-refractivity contribution in [2.24, 2.45) is 5.92 Å². The molecule has 2 aliphatic carbocycles. The smallest absolute Gasteiger partial charge is 0.165 e. The number of halogens is 1. The molecule has 0 unspecified atom stereocenters. The van der Waals surface area contributed by atoms with Gasteiger partial charge in [0.25, 0.3) is 0 Å². The van der Waals surface area contributed by atoms with Crippen LogP contribution in [-0.4, -0.2) is 52.8 Å². The third-order valence-electron chi connectivity index (χ3n) is 6.73. The number of alkyl halides is 1. The van der Waals surface area contributed by atoms with Crippen LogP contribution in [-0.2, 0) is 18.3 Å². The van der Waals surface area contributed by atoms with E-state index in [9.17, 15) is 10.2 Å². The van der Waals surface area contributed by atoms with Gasteiger partial charge in [-0.2, -0.15) is 0 Å². The van der Waals surface area contributed by atoms with Gasteiger partial charge in [0, 0.05) is 28.8 Å². The van der Waals surface area contributed by atoms with Crippen LogP contribution in [0.4, 0.5) is 0 Å². The molecule has 0 saturated carbocycles. The maximum atomic E-state index is 10.6. The molecule has 0 radical (unpaired) electrons. The predicted molar refractivity (Wildman–Crippen MR) is 92.0 cm³/mol. The van der Waals surface area contributed by atoms with Crippen LogP contribution in [0.5, 0.6) is 11.5 Å². The number of aliphatic hydroxyl groups is 1. The lowest BCUT2D eigenvalue weighted by Gasteiger charge is -2.56. The molecule has 1 aromatic rings. The second kappa shape index (κ2) is 4.90. The molecule has 24 heavy (non-hydrogen) atoms. The van der Waals surface area contributed by atoms with E-state index in [0.29, 0.717) is 23.6 Å². The zero-order valence-corrected chi connectivity index (χ0v) is 14.5. The van der Waals surface area contributed by atoms with E-state index in [2.05, 4.69) is 18.0 Å². The monoisotopic (exact) mass is 347 g/mol. The standard InChI is InChI=1S/C19H22ClNO3/c1-21-7-5-19-12-2-3-14(22)18(19)24-17-15(23)8-10(4-6-20)11(16(17)19)9-13(12)21/h2-3,8,12-14,18,22-23H,4-7,9H2,1H3/t12-,13+,14-,18-,19-/m0/s1. The maximum absolute atomic E-state index is 10.6. The number of hydrogen-bond acceptors (Lipinski definition) is 4. The van der Waals surface area contributed by atoms with Gasteiger partial charge in [-0.3, -0.25) is 0 Å². The molecule has 2 aliphatic heterocycles. The number of likely N-dealkylation sites (tertiary alicyclic amines) is 1. The van der Waals surface area contributed by atoms with Gasteiger partial charge in [0.15, 0.2) is 11.5 Å². The molecule has 0 aromatic heterocycles. The summed E-state index contributed by atoms with van der Waals surface area (Å²) >= 11 is 6.01. The van der Waals surface area contributed by atoms with Gasteiger partial charge in [-0.25, -0.2) is 0 Å². The van der Waals surface area contributed by atoms with Crippen LogP contribution in [0.25, 0.3) is 0 Å². The number of benzene rings is 1. The van der Waals surface area contributed by atoms with Gasteiger partial charge in [0.2, 0.25) is 0 Å². The van der Waals surface area contributed by atoms with Gasteiger partial charge < -0.3 is 19.8 Å². The number of hydrogen-bond donors (Lipinski definition) is 2. The summed E-state index contributed by atoms with van der Waals surface area (Å²) in [5.41, 5.74) is 3.37. The van der Waals surface area contributed by atoms with Crippen molar-refractivity contribution < 1.29 is 14.9 Å². The molecular formula is C19H22ClNO3. The Labute approximate surface area is 146 Å². The van der Waals surface area contributed by atoms with E-state index in [1.54, 1.807) is 0 Å². The largest absolute Gasteiger partial charge is 0.504 e. The molecule has 5 atom stereocenters. The van der Waals surface area contributed by atoms with Crippen LogP contribution in [0.1, 0.15) is 23.1 Å². The van der Waals surface area contributed by atoms with Gasteiger partial charge >= 0.3 is 0 Å². The lowest BCUT2D eigenvalue weighted by Crippen LogP contribution is -2.64. The minimum Gasteiger partial charge on any atom is -0.504 e. The van der Waals surface area contributed by atoms with Crippen molar-refractivity contribution in [3.63, 3.8) is 0 Å². The summed E-state index contributed by atoms with van der Waals surface area (Å²) in [6.45, 7) is 0.987. The molecule has 2 bridgehead atoms. The first kappa shape index (κ1) is 15.1. The number of phenols is 1. The Bertz CT molecular complexity index is 749. The van der Waals surface area contributed by atoms with Gasteiger partial charge in [0.05, 0.1) is 0 Å². The summed E-state index contributed by atoms with van der Waals surface area (Å²) in [5, 5.41) is 21.2. The van der Waals surface area contributed by atoms with Gasteiger partial charge in [-0.1, -0.05) is 12.2 Å². The second-order valence-corrected chi connectivity index (χ2v) is 8.04. The summed E-state index contributed by atoms with van der Waals surface area (Å²) in [5.74, 6) is 1.66. The molecule has 2 N–H and O–H groups in total. The highest BCUT2D eigenvalue weighted by Gasteiger charge is 2.64. The Morgan fingerprint density at radius 3 is 3.04 bits per heavy atom. The first-order valence-corrected chi connectivity index (χ1v) is 9.29. The van der Waals surface area contributed by atoms with E-state index in [1.165, 1.54) is 5.56 Å². The van der Waals surface area contributed by atoms with Crippen LogP contribution in [0.15, 0.2) is 18.2 Å². The molecule has 1 fully saturated rings. The minimum absolute atomic E-state index is 0.195. The first-order valence-electron chi connectivity index (χ1n) is 8.75. The molecular weight excluding hydrogens is 326 g/mol. The normalized spacial score (nSPS) is 38.8. The number of aliphatic hydroxyl groups excluding tert-OH is 1. The van der Waals surface area contributed by atoms with Crippen molar-refractivity contribution in [2.45, 2.75) is 42.9 Å². The number of aryl methyl sites for hydroxylation is 1.